The molecule has 1 aliphatic heterocycles. The Morgan fingerprint density at radius 1 is 1.41 bits per heavy atom. The molecule has 0 aliphatic carbocycles. The van der Waals surface area contributed by atoms with E-state index in [9.17, 15) is 4.79 Å². The lowest BCUT2D eigenvalue weighted by molar-refractivity contribution is -0.0396. The summed E-state index contributed by atoms with van der Waals surface area (Å²) in [6.07, 6.45) is 0. The van der Waals surface area contributed by atoms with E-state index in [-0.39, 0.29) is 11.9 Å². The summed E-state index contributed by atoms with van der Waals surface area (Å²) < 4.78 is 11.1. The minimum atomic E-state index is -0.838. The van der Waals surface area contributed by atoms with Crippen LogP contribution in [0.25, 0.3) is 0 Å². The van der Waals surface area contributed by atoms with Crippen LogP contribution in [0, 0.1) is 0 Å². The molecule has 17 heavy (non-hydrogen) atoms. The number of alkyl halides is 1. The number of ether oxygens (including phenoxy) is 2. The molecule has 2 amide bonds. The molecule has 1 unspecified atom stereocenters. The minimum Gasteiger partial charge on any atom is -0.447 e. The summed E-state index contributed by atoms with van der Waals surface area (Å²) in [6.45, 7) is 1.76. The largest absolute Gasteiger partial charge is 0.447 e. The standard InChI is InChI=1S/C11H13ClN2O3/c1-11(6-12)16-8-4-3-7(5-9(8)17-11)14-10(15)13-2/h3-5H,6H2,1-2H3,(H2,13,14,15). The van der Waals surface area contributed by atoms with Crippen molar-refractivity contribution in [2.24, 2.45) is 0 Å². The zero-order chi connectivity index (χ0) is 12.5. The SMILES string of the molecule is CNC(=O)Nc1ccc2c(c1)OC(C)(CCl)O2. The predicted molar refractivity (Wildman–Crippen MR) is 64.9 cm³/mol. The molecule has 0 spiro atoms. The van der Waals surface area contributed by atoms with Gasteiger partial charge in [0, 0.05) is 25.7 Å². The fourth-order valence-corrected chi connectivity index (χ4v) is 1.59. The molecule has 2 rings (SSSR count). The van der Waals surface area contributed by atoms with Crippen LogP contribution in [-0.4, -0.2) is 24.7 Å². The Labute approximate surface area is 104 Å². The molecule has 0 fully saturated rings. The van der Waals surface area contributed by atoms with E-state index in [4.69, 9.17) is 21.1 Å². The highest BCUT2D eigenvalue weighted by atomic mass is 35.5. The summed E-state index contributed by atoms with van der Waals surface area (Å²) in [5.41, 5.74) is 0.630. The normalized spacial score (nSPS) is 21.1. The number of hydrogen-bond donors (Lipinski definition) is 2. The maximum Gasteiger partial charge on any atom is 0.318 e. The summed E-state index contributed by atoms with van der Waals surface area (Å²) in [4.78, 5) is 11.1. The van der Waals surface area contributed by atoms with Gasteiger partial charge in [0.05, 0.1) is 5.88 Å². The fourth-order valence-electron chi connectivity index (χ4n) is 1.48. The van der Waals surface area contributed by atoms with Gasteiger partial charge < -0.3 is 20.1 Å². The van der Waals surface area contributed by atoms with Gasteiger partial charge in [-0.3, -0.25) is 0 Å². The molecule has 2 N–H and O–H groups in total. The van der Waals surface area contributed by atoms with Crippen LogP contribution in [0.1, 0.15) is 6.92 Å². The average Bonchev–Trinajstić information content (AvgIpc) is 2.65. The summed E-state index contributed by atoms with van der Waals surface area (Å²) in [5.74, 6) is 0.577. The average molecular weight is 257 g/mol. The number of rotatable bonds is 2. The Hall–Kier alpha value is -1.62. The second-order valence-electron chi connectivity index (χ2n) is 3.84. The molecule has 1 heterocycles. The van der Waals surface area contributed by atoms with Gasteiger partial charge in [-0.2, -0.15) is 0 Å². The van der Waals surface area contributed by atoms with Crippen molar-refractivity contribution >= 4 is 23.3 Å². The first kappa shape index (κ1) is 11.9. The van der Waals surface area contributed by atoms with Gasteiger partial charge in [0.25, 0.3) is 5.79 Å². The van der Waals surface area contributed by atoms with E-state index in [1.807, 2.05) is 0 Å². The zero-order valence-electron chi connectivity index (χ0n) is 9.54. The number of urea groups is 1. The second kappa shape index (κ2) is 4.33. The van der Waals surface area contributed by atoms with Crippen molar-refractivity contribution in [2.75, 3.05) is 18.2 Å². The Morgan fingerprint density at radius 3 is 2.76 bits per heavy atom. The van der Waals surface area contributed by atoms with Crippen molar-refractivity contribution in [3.05, 3.63) is 18.2 Å². The third-order valence-corrected chi connectivity index (χ3v) is 2.81. The lowest BCUT2D eigenvalue weighted by atomic mass is 10.3. The smallest absolute Gasteiger partial charge is 0.318 e. The van der Waals surface area contributed by atoms with Crippen LogP contribution >= 0.6 is 11.6 Å². The fraction of sp³-hybridized carbons (Fsp3) is 0.364. The van der Waals surface area contributed by atoms with E-state index >= 15 is 0 Å². The molecule has 5 nitrogen and oxygen atoms in total. The van der Waals surface area contributed by atoms with Crippen molar-refractivity contribution in [1.82, 2.24) is 5.32 Å². The summed E-state index contributed by atoms with van der Waals surface area (Å²) >= 11 is 5.76. The highest BCUT2D eigenvalue weighted by molar-refractivity contribution is 6.18. The molecule has 0 saturated heterocycles. The van der Waals surface area contributed by atoms with Crippen LogP contribution in [0.3, 0.4) is 0 Å². The molecular formula is C11H13ClN2O3. The summed E-state index contributed by atoms with van der Waals surface area (Å²) in [6, 6.07) is 4.88. The van der Waals surface area contributed by atoms with Crippen LogP contribution < -0.4 is 20.1 Å². The summed E-state index contributed by atoms with van der Waals surface area (Å²) in [7, 11) is 1.55. The molecular weight excluding hydrogens is 244 g/mol. The topological polar surface area (TPSA) is 59.6 Å². The van der Waals surface area contributed by atoms with Gasteiger partial charge >= 0.3 is 6.03 Å². The number of hydrogen-bond acceptors (Lipinski definition) is 3. The first-order valence-corrected chi connectivity index (χ1v) is 5.66. The van der Waals surface area contributed by atoms with Crippen molar-refractivity contribution in [1.29, 1.82) is 0 Å². The number of carbonyl (C=O) groups excluding carboxylic acids is 1. The number of fused-ring (bicyclic) bond motifs is 1. The van der Waals surface area contributed by atoms with Gasteiger partial charge in [0.2, 0.25) is 0 Å². The highest BCUT2D eigenvalue weighted by Crippen LogP contribution is 2.41. The lowest BCUT2D eigenvalue weighted by Crippen LogP contribution is -2.36. The highest BCUT2D eigenvalue weighted by Gasteiger charge is 2.36. The third kappa shape index (κ3) is 2.39. The number of halogens is 1. The Balaban J connectivity index is 2.18. The van der Waals surface area contributed by atoms with Crippen LogP contribution in [0.2, 0.25) is 0 Å². The van der Waals surface area contributed by atoms with E-state index < -0.39 is 5.79 Å². The van der Waals surface area contributed by atoms with E-state index in [1.165, 1.54) is 0 Å². The van der Waals surface area contributed by atoms with Gasteiger partial charge in [0.1, 0.15) is 0 Å². The van der Waals surface area contributed by atoms with Crippen molar-refractivity contribution in [3.8, 4) is 11.5 Å². The lowest BCUT2D eigenvalue weighted by Gasteiger charge is -2.19. The van der Waals surface area contributed by atoms with E-state index in [0.29, 0.717) is 17.2 Å². The van der Waals surface area contributed by atoms with E-state index in [2.05, 4.69) is 10.6 Å². The van der Waals surface area contributed by atoms with Crippen molar-refractivity contribution in [3.63, 3.8) is 0 Å². The number of anilines is 1. The Morgan fingerprint density at radius 2 is 2.12 bits per heavy atom. The number of amides is 2. The first-order chi connectivity index (χ1) is 8.06. The number of nitrogens with one attached hydrogen (secondary N) is 2. The van der Waals surface area contributed by atoms with Crippen LogP contribution in [0.4, 0.5) is 10.5 Å². The Kier molecular flexibility index (Phi) is 3.02. The van der Waals surface area contributed by atoms with Gasteiger partial charge in [0.15, 0.2) is 11.5 Å². The van der Waals surface area contributed by atoms with Crippen molar-refractivity contribution < 1.29 is 14.3 Å². The number of carbonyl (C=O) groups is 1. The van der Waals surface area contributed by atoms with Crippen LogP contribution in [-0.2, 0) is 0 Å². The minimum absolute atomic E-state index is 0.222. The molecule has 1 aromatic rings. The van der Waals surface area contributed by atoms with Crippen molar-refractivity contribution in [2.45, 2.75) is 12.7 Å². The van der Waals surface area contributed by atoms with Crippen LogP contribution in [0.5, 0.6) is 11.5 Å². The monoisotopic (exact) mass is 256 g/mol. The Bertz CT molecular complexity index is 452. The molecule has 0 bridgehead atoms. The third-order valence-electron chi connectivity index (χ3n) is 2.32. The quantitative estimate of drug-likeness (QED) is 0.798. The molecule has 0 aromatic heterocycles. The molecule has 1 aromatic carbocycles. The summed E-state index contributed by atoms with van der Waals surface area (Å²) in [5, 5.41) is 5.11. The molecule has 0 radical (unpaired) electrons. The number of benzene rings is 1. The van der Waals surface area contributed by atoms with E-state index in [0.717, 1.165) is 0 Å². The molecule has 92 valence electrons. The van der Waals surface area contributed by atoms with Gasteiger partial charge in [-0.25, -0.2) is 4.79 Å². The van der Waals surface area contributed by atoms with Crippen LogP contribution in [0.15, 0.2) is 18.2 Å². The maximum absolute atomic E-state index is 11.1. The maximum atomic E-state index is 11.1. The van der Waals surface area contributed by atoms with Gasteiger partial charge in [-0.1, -0.05) is 0 Å². The second-order valence-corrected chi connectivity index (χ2v) is 4.10. The zero-order valence-corrected chi connectivity index (χ0v) is 10.3. The van der Waals surface area contributed by atoms with E-state index in [1.54, 1.807) is 32.2 Å². The molecule has 1 atom stereocenters. The van der Waals surface area contributed by atoms with Gasteiger partial charge in [-0.05, 0) is 12.1 Å². The van der Waals surface area contributed by atoms with Gasteiger partial charge in [-0.15, -0.1) is 11.6 Å². The first-order valence-electron chi connectivity index (χ1n) is 5.13. The molecule has 6 heteroatoms. The predicted octanol–water partition coefficient (Wildman–Crippen LogP) is 2.16. The molecule has 1 aliphatic rings. The molecule has 0 saturated carbocycles.